The van der Waals surface area contributed by atoms with Crippen molar-refractivity contribution in [1.29, 1.82) is 0 Å². The van der Waals surface area contributed by atoms with Crippen LogP contribution < -0.4 is 15.7 Å². The summed E-state index contributed by atoms with van der Waals surface area (Å²) >= 11 is 6.40. The third-order valence-corrected chi connectivity index (χ3v) is 5.83. The molecule has 0 saturated carbocycles. The van der Waals surface area contributed by atoms with E-state index in [1.807, 2.05) is 0 Å². The first-order valence-electron chi connectivity index (χ1n) is 10.1. The van der Waals surface area contributed by atoms with Crippen LogP contribution in [-0.2, 0) is 22.4 Å². The molecule has 2 aromatic rings. The maximum atomic E-state index is 12.4. The van der Waals surface area contributed by atoms with Gasteiger partial charge in [-0.1, -0.05) is 11.6 Å². The third kappa shape index (κ3) is 4.42. The number of hydrogen-bond acceptors (Lipinski definition) is 6. The second-order valence-electron chi connectivity index (χ2n) is 7.48. The monoisotopic (exact) mass is 420 g/mol. The molecule has 1 atom stereocenters. The normalized spacial score (nSPS) is 17.9. The van der Waals surface area contributed by atoms with Crippen molar-refractivity contribution in [3.8, 4) is 5.75 Å². The number of nitrogens with zero attached hydrogens (tertiary/aromatic N) is 1. The number of carbonyl (C=O) groups is 1. The lowest BCUT2D eigenvalue weighted by atomic mass is 10.1. The van der Waals surface area contributed by atoms with E-state index >= 15 is 0 Å². The highest BCUT2D eigenvalue weighted by Crippen LogP contribution is 2.35. The molecule has 7 nitrogen and oxygen atoms in total. The molecule has 1 aromatic carbocycles. The Morgan fingerprint density at radius 1 is 1.28 bits per heavy atom. The maximum absolute atomic E-state index is 12.4. The van der Waals surface area contributed by atoms with E-state index in [4.69, 9.17) is 25.5 Å². The molecule has 0 spiro atoms. The number of rotatable bonds is 6. The van der Waals surface area contributed by atoms with E-state index in [0.29, 0.717) is 22.9 Å². The summed E-state index contributed by atoms with van der Waals surface area (Å²) in [7, 11) is 0. The van der Waals surface area contributed by atoms with Gasteiger partial charge in [0.25, 0.3) is 5.91 Å². The molecule has 2 heterocycles. The molecule has 2 aliphatic rings. The number of hydrogen-bond donors (Lipinski definition) is 1. The molecular weight excluding hydrogens is 396 g/mol. The molecule has 0 radical (unpaired) electrons. The van der Waals surface area contributed by atoms with E-state index in [2.05, 4.69) is 10.2 Å². The van der Waals surface area contributed by atoms with Crippen molar-refractivity contribution in [3.63, 3.8) is 0 Å². The fourth-order valence-corrected chi connectivity index (χ4v) is 4.13. The Morgan fingerprint density at radius 2 is 2.03 bits per heavy atom. The van der Waals surface area contributed by atoms with Gasteiger partial charge in [0.1, 0.15) is 11.3 Å². The number of benzene rings is 1. The molecule has 4 rings (SSSR count). The third-order valence-electron chi connectivity index (χ3n) is 5.53. The Morgan fingerprint density at radius 3 is 2.83 bits per heavy atom. The Kier molecular flexibility index (Phi) is 6.08. The van der Waals surface area contributed by atoms with Gasteiger partial charge in [0.05, 0.1) is 18.2 Å². The van der Waals surface area contributed by atoms with Crippen molar-refractivity contribution in [2.45, 2.75) is 32.3 Å². The van der Waals surface area contributed by atoms with E-state index in [9.17, 15) is 9.59 Å². The van der Waals surface area contributed by atoms with Gasteiger partial charge in [-0.05, 0) is 37.8 Å². The lowest BCUT2D eigenvalue weighted by Gasteiger charge is -2.26. The van der Waals surface area contributed by atoms with Crippen molar-refractivity contribution in [1.82, 2.24) is 10.2 Å². The van der Waals surface area contributed by atoms with E-state index in [-0.39, 0.29) is 11.5 Å². The largest absolute Gasteiger partial charge is 0.479 e. The Balaban J connectivity index is 1.41. The summed E-state index contributed by atoms with van der Waals surface area (Å²) in [6.45, 7) is 6.20. The number of halogens is 1. The summed E-state index contributed by atoms with van der Waals surface area (Å²) < 4.78 is 16.6. The van der Waals surface area contributed by atoms with Crippen LogP contribution in [-0.4, -0.2) is 56.3 Å². The van der Waals surface area contributed by atoms with E-state index in [0.717, 1.165) is 68.6 Å². The average molecular weight is 421 g/mol. The van der Waals surface area contributed by atoms with Crippen LogP contribution in [0.15, 0.2) is 21.3 Å². The Hall–Kier alpha value is -2.09. The molecule has 156 valence electrons. The second kappa shape index (κ2) is 8.73. The quantitative estimate of drug-likeness (QED) is 0.721. The number of carbonyl (C=O) groups excluding carboxylic acids is 1. The van der Waals surface area contributed by atoms with Crippen LogP contribution in [0.1, 0.15) is 24.5 Å². The number of aryl methyl sites for hydroxylation is 1. The van der Waals surface area contributed by atoms with Crippen LogP contribution in [0.4, 0.5) is 0 Å². The highest BCUT2D eigenvalue weighted by atomic mass is 35.5. The van der Waals surface area contributed by atoms with Gasteiger partial charge in [0.15, 0.2) is 6.10 Å². The van der Waals surface area contributed by atoms with Crippen LogP contribution in [0, 0.1) is 0 Å². The van der Waals surface area contributed by atoms with Gasteiger partial charge < -0.3 is 19.2 Å². The van der Waals surface area contributed by atoms with E-state index in [1.54, 1.807) is 19.1 Å². The van der Waals surface area contributed by atoms with E-state index in [1.165, 1.54) is 0 Å². The van der Waals surface area contributed by atoms with Gasteiger partial charge in [0, 0.05) is 43.2 Å². The van der Waals surface area contributed by atoms with Crippen molar-refractivity contribution < 1.29 is 18.7 Å². The molecule has 1 aromatic heterocycles. The van der Waals surface area contributed by atoms with Crippen molar-refractivity contribution in [2.75, 3.05) is 39.4 Å². The predicted octanol–water partition coefficient (Wildman–Crippen LogP) is 2.15. The number of amides is 1. The van der Waals surface area contributed by atoms with Crippen LogP contribution in [0.3, 0.4) is 0 Å². The van der Waals surface area contributed by atoms with Gasteiger partial charge in [-0.3, -0.25) is 9.69 Å². The van der Waals surface area contributed by atoms with Gasteiger partial charge >= 0.3 is 5.63 Å². The minimum atomic E-state index is -0.726. The fourth-order valence-electron chi connectivity index (χ4n) is 3.92. The molecule has 8 heteroatoms. The first-order valence-corrected chi connectivity index (χ1v) is 10.4. The highest BCUT2D eigenvalue weighted by Gasteiger charge is 2.22. The van der Waals surface area contributed by atoms with Gasteiger partial charge in [-0.15, -0.1) is 0 Å². The predicted molar refractivity (Wildman–Crippen MR) is 110 cm³/mol. The Bertz CT molecular complexity index is 968. The summed E-state index contributed by atoms with van der Waals surface area (Å²) in [5.74, 6) is 0.112. The minimum absolute atomic E-state index is 0.218. The summed E-state index contributed by atoms with van der Waals surface area (Å²) in [5, 5.41) is 4.13. The lowest BCUT2D eigenvalue weighted by Crippen LogP contribution is -2.43. The smallest absolute Gasteiger partial charge is 0.339 e. The van der Waals surface area contributed by atoms with Gasteiger partial charge in [0.2, 0.25) is 0 Å². The van der Waals surface area contributed by atoms with E-state index < -0.39 is 6.10 Å². The zero-order valence-electron chi connectivity index (χ0n) is 16.5. The number of fused-ring (bicyclic) bond motifs is 3. The zero-order valence-corrected chi connectivity index (χ0v) is 17.2. The summed E-state index contributed by atoms with van der Waals surface area (Å²) in [6, 6.07) is 3.37. The summed E-state index contributed by atoms with van der Waals surface area (Å²) in [5.41, 5.74) is 1.90. The van der Waals surface area contributed by atoms with Crippen molar-refractivity contribution in [2.24, 2.45) is 0 Å². The Labute approximate surface area is 173 Å². The van der Waals surface area contributed by atoms with Crippen LogP contribution >= 0.6 is 11.6 Å². The number of morpholine rings is 1. The van der Waals surface area contributed by atoms with Crippen LogP contribution in [0.5, 0.6) is 5.75 Å². The molecule has 0 unspecified atom stereocenters. The molecular formula is C21H25ClN2O5. The molecule has 1 saturated heterocycles. The number of nitrogens with one attached hydrogen (secondary N) is 1. The average Bonchev–Trinajstić information content (AvgIpc) is 3.21. The summed E-state index contributed by atoms with van der Waals surface area (Å²) in [6.07, 6.45) is 1.80. The molecule has 1 N–H and O–H groups in total. The first-order chi connectivity index (χ1) is 14.0. The zero-order chi connectivity index (χ0) is 20.4. The van der Waals surface area contributed by atoms with Crippen LogP contribution in [0.25, 0.3) is 11.0 Å². The van der Waals surface area contributed by atoms with Gasteiger partial charge in [-0.25, -0.2) is 4.79 Å². The fraction of sp³-hybridized carbons (Fsp3) is 0.524. The second-order valence-corrected chi connectivity index (χ2v) is 7.89. The topological polar surface area (TPSA) is 81.0 Å². The molecule has 1 amide bonds. The standard InChI is InChI=1S/C21H25ClN2O5/c1-13(20(25)23-5-6-24-7-9-27-10-8-24)28-19-12-18-16(11-17(19)22)14-3-2-4-15(14)21(26)29-18/h11-13H,2-10H2,1H3,(H,23,25)/t13-/m1/s1. The number of ether oxygens (including phenoxy) is 2. The van der Waals surface area contributed by atoms with Crippen molar-refractivity contribution in [3.05, 3.63) is 38.7 Å². The van der Waals surface area contributed by atoms with Crippen LogP contribution in [0.2, 0.25) is 5.02 Å². The van der Waals surface area contributed by atoms with Crippen molar-refractivity contribution >= 4 is 28.5 Å². The molecule has 29 heavy (non-hydrogen) atoms. The van der Waals surface area contributed by atoms with Gasteiger partial charge in [-0.2, -0.15) is 0 Å². The maximum Gasteiger partial charge on any atom is 0.339 e. The molecule has 0 bridgehead atoms. The summed E-state index contributed by atoms with van der Waals surface area (Å²) in [4.78, 5) is 26.8. The first kappa shape index (κ1) is 20.2. The molecule has 1 fully saturated rings. The highest BCUT2D eigenvalue weighted by molar-refractivity contribution is 6.32. The molecule has 1 aliphatic heterocycles. The SMILES string of the molecule is C[C@@H](Oc1cc2oc(=O)c3c(c2cc1Cl)CCC3)C(=O)NCCN1CCOCC1. The lowest BCUT2D eigenvalue weighted by molar-refractivity contribution is -0.127. The minimum Gasteiger partial charge on any atom is -0.479 e. The molecule has 1 aliphatic carbocycles.